The maximum absolute atomic E-state index is 13.1. The Bertz CT molecular complexity index is 712. The highest BCUT2D eigenvalue weighted by Crippen LogP contribution is 2.08. The number of hydrogen-bond acceptors (Lipinski definition) is 10. The van der Waals surface area contributed by atoms with Crippen molar-refractivity contribution in [2.75, 3.05) is 25.4 Å². The Morgan fingerprint density at radius 3 is 1.33 bits per heavy atom. The normalized spacial score (nSPS) is 14.2. The average molecular weight is 533 g/mol. The number of unbranched alkanes of at least 4 members (excludes halogenated alkanes) is 3. The highest BCUT2D eigenvalue weighted by molar-refractivity contribution is 7.80. The van der Waals surface area contributed by atoms with Crippen molar-refractivity contribution in [1.82, 2.24) is 16.0 Å². The predicted molar refractivity (Wildman–Crippen MR) is 141 cm³/mol. The van der Waals surface area contributed by atoms with Crippen LogP contribution in [0.3, 0.4) is 0 Å². The molecule has 0 aromatic carbocycles. The number of Topliss-reactive ketones (excluding diaryl/α,β-unsaturated/α-hetero) is 1. The van der Waals surface area contributed by atoms with Crippen molar-refractivity contribution in [3.8, 4) is 0 Å². The zero-order valence-corrected chi connectivity index (χ0v) is 21.8. The third kappa shape index (κ3) is 13.7. The number of nitrogens with two attached hydrogens (primary N) is 5. The minimum Gasteiger partial charge on any atom is -0.363 e. The molecule has 208 valence electrons. The molecule has 0 aliphatic carbocycles. The minimum absolute atomic E-state index is 0.0898. The molecule has 0 aromatic heterocycles. The van der Waals surface area contributed by atoms with Gasteiger partial charge >= 0.3 is 0 Å². The summed E-state index contributed by atoms with van der Waals surface area (Å²) in [6, 6.07) is -4.03. The van der Waals surface area contributed by atoms with Crippen molar-refractivity contribution in [1.29, 1.82) is 0 Å². The monoisotopic (exact) mass is 532 g/mol. The molecule has 0 saturated heterocycles. The largest absolute Gasteiger partial charge is 0.363 e. The van der Waals surface area contributed by atoms with E-state index in [1.165, 1.54) is 0 Å². The predicted octanol–water partition coefficient (Wildman–Crippen LogP) is -2.86. The van der Waals surface area contributed by atoms with E-state index >= 15 is 0 Å². The summed E-state index contributed by atoms with van der Waals surface area (Å²) in [6.45, 7) is 1.20. The van der Waals surface area contributed by atoms with E-state index in [1.54, 1.807) is 0 Å². The van der Waals surface area contributed by atoms with Crippen LogP contribution in [-0.4, -0.2) is 79.0 Å². The van der Waals surface area contributed by atoms with E-state index < -0.39 is 53.6 Å². The van der Waals surface area contributed by atoms with Crippen LogP contribution >= 0.6 is 12.6 Å². The third-order valence-corrected chi connectivity index (χ3v) is 5.91. The lowest BCUT2D eigenvalue weighted by Gasteiger charge is -2.25. The topological polar surface area (TPSA) is 252 Å². The van der Waals surface area contributed by atoms with Crippen LogP contribution in [0.1, 0.15) is 57.8 Å². The van der Waals surface area contributed by atoms with Gasteiger partial charge in [-0.15, -0.1) is 0 Å². The molecule has 0 aliphatic rings. The van der Waals surface area contributed by atoms with Gasteiger partial charge in [-0.2, -0.15) is 12.6 Å². The van der Waals surface area contributed by atoms with E-state index in [2.05, 4.69) is 28.6 Å². The van der Waals surface area contributed by atoms with Crippen molar-refractivity contribution < 1.29 is 24.0 Å². The van der Waals surface area contributed by atoms with E-state index in [9.17, 15) is 24.0 Å². The number of thiol groups is 1. The Labute approximate surface area is 218 Å². The van der Waals surface area contributed by atoms with Gasteiger partial charge in [0.05, 0.1) is 12.1 Å². The van der Waals surface area contributed by atoms with Crippen LogP contribution in [0.25, 0.3) is 0 Å². The van der Waals surface area contributed by atoms with Gasteiger partial charge < -0.3 is 44.6 Å². The first-order chi connectivity index (χ1) is 17.1. The van der Waals surface area contributed by atoms with E-state index in [4.69, 9.17) is 28.7 Å². The SMILES string of the molecule is NCCCC[C@H](NC(=O)[C@H](CCCCN)NC(=O)[C@@H](N)CS)C(=O)N[C@@H](CCCCN)C(=O)C(N)=O. The average Bonchev–Trinajstić information content (AvgIpc) is 2.85. The van der Waals surface area contributed by atoms with Crippen molar-refractivity contribution in [3.63, 3.8) is 0 Å². The molecular formula is C22H44N8O5S. The first kappa shape index (κ1) is 33.7. The fraction of sp³-hybridized carbons (Fsp3) is 0.773. The van der Waals surface area contributed by atoms with Crippen molar-refractivity contribution >= 4 is 42.0 Å². The second kappa shape index (κ2) is 19.9. The molecule has 0 aromatic rings. The lowest BCUT2D eigenvalue weighted by Crippen LogP contribution is -2.57. The highest BCUT2D eigenvalue weighted by atomic mass is 32.1. The standard InChI is InChI=1S/C22H44N8O5S/c23-10-4-1-7-15(18(31)19(27)32)28-21(34)17(9-3-6-12-25)30-22(35)16(8-2-5-11-24)29-20(33)14(26)13-36/h14-17,36H,1-13,23-26H2,(H2,27,32)(H,28,34)(H,29,33)(H,30,35)/t14-,15-,16-,17-/m0/s1. The third-order valence-electron chi connectivity index (χ3n) is 5.52. The molecule has 0 aliphatic heterocycles. The summed E-state index contributed by atoms with van der Waals surface area (Å²) in [5, 5.41) is 7.80. The summed E-state index contributed by atoms with van der Waals surface area (Å²) in [4.78, 5) is 62.2. The van der Waals surface area contributed by atoms with Crippen LogP contribution in [0.15, 0.2) is 0 Å². The van der Waals surface area contributed by atoms with Gasteiger partial charge in [0.25, 0.3) is 5.91 Å². The lowest BCUT2D eigenvalue weighted by molar-refractivity contribution is -0.139. The molecule has 13 N–H and O–H groups in total. The van der Waals surface area contributed by atoms with E-state index in [0.717, 1.165) is 0 Å². The van der Waals surface area contributed by atoms with Gasteiger partial charge in [0.15, 0.2) is 0 Å². The van der Waals surface area contributed by atoms with Crippen LogP contribution in [0.2, 0.25) is 0 Å². The smallest absolute Gasteiger partial charge is 0.287 e. The summed E-state index contributed by atoms with van der Waals surface area (Å²) >= 11 is 4.00. The van der Waals surface area contributed by atoms with Gasteiger partial charge in [0.1, 0.15) is 12.1 Å². The van der Waals surface area contributed by atoms with E-state index in [1.807, 2.05) is 0 Å². The number of amides is 4. The second-order valence-corrected chi connectivity index (χ2v) is 8.92. The van der Waals surface area contributed by atoms with Gasteiger partial charge in [-0.3, -0.25) is 24.0 Å². The molecule has 4 atom stereocenters. The Hall–Kier alpha value is -2.26. The van der Waals surface area contributed by atoms with Crippen molar-refractivity contribution in [2.45, 2.75) is 82.0 Å². The number of ketones is 1. The van der Waals surface area contributed by atoms with Gasteiger partial charge in [0.2, 0.25) is 23.5 Å². The molecule has 0 spiro atoms. The molecular weight excluding hydrogens is 488 g/mol. The van der Waals surface area contributed by atoms with Gasteiger partial charge in [-0.25, -0.2) is 0 Å². The molecule has 0 fully saturated rings. The Morgan fingerprint density at radius 2 is 0.972 bits per heavy atom. The molecule has 0 rings (SSSR count). The highest BCUT2D eigenvalue weighted by Gasteiger charge is 2.31. The molecule has 0 bridgehead atoms. The quantitative estimate of drug-likeness (QED) is 0.0418. The molecule has 4 amide bonds. The maximum Gasteiger partial charge on any atom is 0.287 e. The van der Waals surface area contributed by atoms with Crippen LogP contribution in [0.4, 0.5) is 0 Å². The van der Waals surface area contributed by atoms with Crippen molar-refractivity contribution in [3.05, 3.63) is 0 Å². The Balaban J connectivity index is 5.60. The zero-order valence-electron chi connectivity index (χ0n) is 20.9. The summed E-state index contributed by atoms with van der Waals surface area (Å²) in [6.07, 6.45) is 4.09. The number of hydrogen-bond donors (Lipinski definition) is 9. The molecule has 0 saturated carbocycles. The molecule has 0 heterocycles. The van der Waals surface area contributed by atoms with Gasteiger partial charge in [-0.1, -0.05) is 0 Å². The fourth-order valence-corrected chi connectivity index (χ4v) is 3.53. The first-order valence-electron chi connectivity index (χ1n) is 12.3. The molecule has 0 unspecified atom stereocenters. The number of nitrogens with one attached hydrogen (secondary N) is 3. The van der Waals surface area contributed by atoms with Crippen LogP contribution < -0.4 is 44.6 Å². The van der Waals surface area contributed by atoms with E-state index in [0.29, 0.717) is 58.2 Å². The number of rotatable bonds is 21. The molecule has 0 radical (unpaired) electrons. The lowest BCUT2D eigenvalue weighted by atomic mass is 10.0. The van der Waals surface area contributed by atoms with Crippen molar-refractivity contribution in [2.24, 2.45) is 28.7 Å². The zero-order chi connectivity index (χ0) is 27.5. The summed E-state index contributed by atoms with van der Waals surface area (Å²) in [5.74, 6) is -3.78. The van der Waals surface area contributed by atoms with Gasteiger partial charge in [-0.05, 0) is 77.4 Å². The summed E-state index contributed by atoms with van der Waals surface area (Å²) in [5.41, 5.74) is 27.4. The number of carbonyl (C=O) groups is 5. The van der Waals surface area contributed by atoms with Crippen LogP contribution in [0.5, 0.6) is 0 Å². The Morgan fingerprint density at radius 1 is 0.611 bits per heavy atom. The van der Waals surface area contributed by atoms with Crippen LogP contribution in [0, 0.1) is 0 Å². The Kier molecular flexibility index (Phi) is 18.6. The first-order valence-corrected chi connectivity index (χ1v) is 13.0. The molecule has 14 heteroatoms. The van der Waals surface area contributed by atoms with E-state index in [-0.39, 0.29) is 25.0 Å². The number of carbonyl (C=O) groups excluding carboxylic acids is 5. The molecule has 36 heavy (non-hydrogen) atoms. The second-order valence-electron chi connectivity index (χ2n) is 8.55. The molecule has 13 nitrogen and oxygen atoms in total. The summed E-state index contributed by atoms with van der Waals surface area (Å²) in [7, 11) is 0. The van der Waals surface area contributed by atoms with Gasteiger partial charge in [0, 0.05) is 5.75 Å². The minimum atomic E-state index is -1.17. The maximum atomic E-state index is 13.1. The number of primary amides is 1. The fourth-order valence-electron chi connectivity index (χ4n) is 3.36. The van der Waals surface area contributed by atoms with Crippen LogP contribution in [-0.2, 0) is 24.0 Å². The summed E-state index contributed by atoms with van der Waals surface area (Å²) < 4.78 is 0.